The van der Waals surface area contributed by atoms with E-state index >= 15 is 4.39 Å². The summed E-state index contributed by atoms with van der Waals surface area (Å²) in [6.45, 7) is 2.80. The first-order valence-corrected chi connectivity index (χ1v) is 8.28. The second-order valence-electron chi connectivity index (χ2n) is 6.62. The molecule has 0 aliphatic rings. The number of alkyl halides is 1. The number of aromatic nitrogens is 4. The van der Waals surface area contributed by atoms with Gasteiger partial charge in [-0.25, -0.2) is 23.1 Å². The summed E-state index contributed by atoms with van der Waals surface area (Å²) >= 11 is 0. The van der Waals surface area contributed by atoms with Crippen LogP contribution in [-0.4, -0.2) is 19.4 Å². The summed E-state index contributed by atoms with van der Waals surface area (Å²) < 4.78 is 45.2. The Bertz CT molecular complexity index is 1130. The summed E-state index contributed by atoms with van der Waals surface area (Å²) in [7, 11) is 0. The molecular weight excluding hydrogens is 353 g/mol. The maximum Gasteiger partial charge on any atom is 0.234 e. The smallest absolute Gasteiger partial charge is 0.234 e. The van der Waals surface area contributed by atoms with E-state index in [0.717, 1.165) is 0 Å². The molecule has 4 nitrogen and oxygen atoms in total. The van der Waals surface area contributed by atoms with Crippen molar-refractivity contribution in [2.24, 2.45) is 0 Å². The maximum atomic E-state index is 15.2. The molecule has 0 spiro atoms. The Morgan fingerprint density at radius 1 is 1.04 bits per heavy atom. The Morgan fingerprint density at radius 3 is 2.56 bits per heavy atom. The number of fused-ring (bicyclic) bond motifs is 1. The monoisotopic (exact) mass is 368 g/mol. The van der Waals surface area contributed by atoms with Gasteiger partial charge in [0.2, 0.25) is 5.78 Å². The Balaban J connectivity index is 1.90. The SMILES string of the molecule is CC(C)(F)c1ccn2c(-c3ccc(F)c(-c4cccnc4)c3F)cnc2n1. The first-order valence-electron chi connectivity index (χ1n) is 8.28. The van der Waals surface area contributed by atoms with E-state index in [2.05, 4.69) is 15.0 Å². The van der Waals surface area contributed by atoms with Gasteiger partial charge in [0.05, 0.1) is 23.1 Å². The van der Waals surface area contributed by atoms with Crippen LogP contribution >= 0.6 is 0 Å². The van der Waals surface area contributed by atoms with Crippen LogP contribution in [0.15, 0.2) is 55.1 Å². The van der Waals surface area contributed by atoms with Crippen molar-refractivity contribution < 1.29 is 13.2 Å². The van der Waals surface area contributed by atoms with Crippen LogP contribution in [0.1, 0.15) is 19.5 Å². The van der Waals surface area contributed by atoms with E-state index in [4.69, 9.17) is 0 Å². The van der Waals surface area contributed by atoms with Crippen molar-refractivity contribution in [2.45, 2.75) is 19.5 Å². The molecule has 136 valence electrons. The van der Waals surface area contributed by atoms with E-state index in [-0.39, 0.29) is 22.6 Å². The van der Waals surface area contributed by atoms with Gasteiger partial charge in [-0.1, -0.05) is 6.07 Å². The molecule has 0 fully saturated rings. The standard InChI is InChI=1S/C20H15F3N4/c1-20(2,23)16-7-9-27-15(11-25-19(27)26-16)13-5-6-14(21)17(18(13)22)12-4-3-8-24-10-12/h3-11H,1-2H3. The molecule has 3 aromatic heterocycles. The minimum Gasteiger partial charge on any atom is -0.284 e. The number of benzene rings is 1. The number of hydrogen-bond donors (Lipinski definition) is 0. The Hall–Kier alpha value is -3.22. The summed E-state index contributed by atoms with van der Waals surface area (Å²) in [6.07, 6.45) is 5.94. The zero-order valence-corrected chi connectivity index (χ0v) is 14.6. The molecule has 0 amide bonds. The van der Waals surface area contributed by atoms with Gasteiger partial charge < -0.3 is 0 Å². The van der Waals surface area contributed by atoms with Crippen LogP contribution in [0.2, 0.25) is 0 Å². The van der Waals surface area contributed by atoms with Crippen LogP contribution in [0, 0.1) is 11.6 Å². The van der Waals surface area contributed by atoms with E-state index in [9.17, 15) is 8.78 Å². The van der Waals surface area contributed by atoms with Crippen LogP contribution in [0.5, 0.6) is 0 Å². The molecule has 1 aromatic carbocycles. The second-order valence-corrected chi connectivity index (χ2v) is 6.62. The molecule has 0 unspecified atom stereocenters. The van der Waals surface area contributed by atoms with Crippen molar-refractivity contribution in [2.75, 3.05) is 0 Å². The lowest BCUT2D eigenvalue weighted by molar-refractivity contribution is 0.214. The van der Waals surface area contributed by atoms with Gasteiger partial charge in [-0.3, -0.25) is 9.38 Å². The van der Waals surface area contributed by atoms with Gasteiger partial charge in [-0.2, -0.15) is 0 Å². The molecular formula is C20H15F3N4. The zero-order valence-electron chi connectivity index (χ0n) is 14.6. The largest absolute Gasteiger partial charge is 0.284 e. The zero-order chi connectivity index (χ0) is 19.2. The van der Waals surface area contributed by atoms with E-state index < -0.39 is 17.3 Å². The molecule has 4 aromatic rings. The van der Waals surface area contributed by atoms with Crippen LogP contribution in [0.25, 0.3) is 28.2 Å². The summed E-state index contributed by atoms with van der Waals surface area (Å²) in [4.78, 5) is 12.3. The highest BCUT2D eigenvalue weighted by atomic mass is 19.1. The average Bonchev–Trinajstić information content (AvgIpc) is 3.05. The third-order valence-corrected chi connectivity index (χ3v) is 4.31. The molecule has 4 rings (SSSR count). The van der Waals surface area contributed by atoms with E-state index in [0.29, 0.717) is 11.3 Å². The van der Waals surface area contributed by atoms with Crippen molar-refractivity contribution >= 4 is 5.78 Å². The number of pyridine rings is 1. The lowest BCUT2D eigenvalue weighted by Crippen LogP contribution is -2.12. The lowest BCUT2D eigenvalue weighted by atomic mass is 10.0. The van der Waals surface area contributed by atoms with Gasteiger partial charge in [0.25, 0.3) is 0 Å². The lowest BCUT2D eigenvalue weighted by Gasteiger charge is -2.13. The fourth-order valence-corrected chi connectivity index (χ4v) is 2.93. The van der Waals surface area contributed by atoms with Crippen molar-refractivity contribution in [1.82, 2.24) is 19.4 Å². The first kappa shape index (κ1) is 17.2. The predicted molar refractivity (Wildman–Crippen MR) is 95.7 cm³/mol. The normalized spacial score (nSPS) is 11.9. The van der Waals surface area contributed by atoms with Crippen molar-refractivity contribution in [3.05, 3.63) is 72.4 Å². The Labute approximate surface area is 153 Å². The van der Waals surface area contributed by atoms with Crippen LogP contribution in [0.3, 0.4) is 0 Å². The second kappa shape index (κ2) is 6.19. The summed E-state index contributed by atoms with van der Waals surface area (Å²) in [6, 6.07) is 7.26. The summed E-state index contributed by atoms with van der Waals surface area (Å²) in [5.41, 5.74) is -0.668. The van der Waals surface area contributed by atoms with Crippen LogP contribution < -0.4 is 0 Å². The molecule has 0 N–H and O–H groups in total. The predicted octanol–water partition coefficient (Wildman–Crippen LogP) is 4.94. The van der Waals surface area contributed by atoms with Gasteiger partial charge in [0, 0.05) is 29.7 Å². The number of hydrogen-bond acceptors (Lipinski definition) is 3. The van der Waals surface area contributed by atoms with Gasteiger partial charge in [0.15, 0.2) is 0 Å². The first-order chi connectivity index (χ1) is 12.9. The van der Waals surface area contributed by atoms with Gasteiger partial charge in [-0.05, 0) is 38.1 Å². The fraction of sp³-hybridized carbons (Fsp3) is 0.150. The van der Waals surface area contributed by atoms with Gasteiger partial charge in [-0.15, -0.1) is 0 Å². The molecule has 3 heterocycles. The van der Waals surface area contributed by atoms with Crippen molar-refractivity contribution in [3.8, 4) is 22.4 Å². The third kappa shape index (κ3) is 2.95. The summed E-state index contributed by atoms with van der Waals surface area (Å²) in [5.74, 6) is -1.17. The number of imidazole rings is 1. The highest BCUT2D eigenvalue weighted by Gasteiger charge is 2.23. The van der Waals surface area contributed by atoms with E-state index in [1.54, 1.807) is 22.7 Å². The quantitative estimate of drug-likeness (QED) is 0.514. The van der Waals surface area contributed by atoms with Gasteiger partial charge >= 0.3 is 0 Å². The van der Waals surface area contributed by atoms with E-state index in [1.165, 1.54) is 50.6 Å². The number of nitrogens with zero attached hydrogens (tertiary/aromatic N) is 4. The topological polar surface area (TPSA) is 43.1 Å². The maximum absolute atomic E-state index is 15.2. The van der Waals surface area contributed by atoms with Crippen molar-refractivity contribution in [3.63, 3.8) is 0 Å². The minimum absolute atomic E-state index is 0.162. The molecule has 0 atom stereocenters. The fourth-order valence-electron chi connectivity index (χ4n) is 2.93. The molecule has 0 bridgehead atoms. The molecule has 0 saturated heterocycles. The van der Waals surface area contributed by atoms with E-state index in [1.807, 2.05) is 0 Å². The number of rotatable bonds is 3. The highest BCUT2D eigenvalue weighted by molar-refractivity contribution is 5.73. The molecule has 0 aliphatic carbocycles. The minimum atomic E-state index is -1.62. The highest BCUT2D eigenvalue weighted by Crippen LogP contribution is 2.33. The van der Waals surface area contributed by atoms with Crippen LogP contribution in [0.4, 0.5) is 13.2 Å². The Morgan fingerprint density at radius 2 is 1.85 bits per heavy atom. The van der Waals surface area contributed by atoms with Crippen LogP contribution in [-0.2, 0) is 5.67 Å². The molecule has 0 radical (unpaired) electrons. The molecule has 0 saturated carbocycles. The van der Waals surface area contributed by atoms with Gasteiger partial charge in [0.1, 0.15) is 17.3 Å². The third-order valence-electron chi connectivity index (χ3n) is 4.31. The molecule has 7 heteroatoms. The Kier molecular flexibility index (Phi) is 3.95. The molecule has 27 heavy (non-hydrogen) atoms. The average molecular weight is 368 g/mol. The number of halogens is 3. The molecule has 0 aliphatic heterocycles. The summed E-state index contributed by atoms with van der Waals surface area (Å²) in [5, 5.41) is 0. The van der Waals surface area contributed by atoms with Crippen molar-refractivity contribution in [1.29, 1.82) is 0 Å².